The maximum atomic E-state index is 6.05. The molecule has 0 unspecified atom stereocenters. The van der Waals surface area contributed by atoms with Gasteiger partial charge in [-0.05, 0) is 24.6 Å². The van der Waals surface area contributed by atoms with Gasteiger partial charge in [-0.1, -0.05) is 29.8 Å². The Balaban J connectivity index is 1.88. The van der Waals surface area contributed by atoms with E-state index >= 15 is 0 Å². The zero-order valence-corrected chi connectivity index (χ0v) is 8.85. The first-order chi connectivity index (χ1) is 6.86. The van der Waals surface area contributed by atoms with Gasteiger partial charge in [0, 0.05) is 24.2 Å². The molecule has 1 aromatic rings. The second kappa shape index (κ2) is 4.78. The number of halogens is 1. The molecule has 2 rings (SSSR count). The van der Waals surface area contributed by atoms with E-state index in [9.17, 15) is 0 Å². The quantitative estimate of drug-likeness (QED) is 0.795. The molecule has 1 saturated heterocycles. The van der Waals surface area contributed by atoms with Crippen molar-refractivity contribution in [2.45, 2.75) is 19.0 Å². The van der Waals surface area contributed by atoms with Crippen molar-refractivity contribution in [1.82, 2.24) is 10.6 Å². The van der Waals surface area contributed by atoms with E-state index in [1.807, 2.05) is 18.2 Å². The zero-order chi connectivity index (χ0) is 9.80. The van der Waals surface area contributed by atoms with E-state index in [1.54, 1.807) is 0 Å². The van der Waals surface area contributed by atoms with Gasteiger partial charge in [0.15, 0.2) is 0 Å². The second-order valence-electron chi connectivity index (χ2n) is 3.66. The van der Waals surface area contributed by atoms with Crippen LogP contribution in [-0.2, 0) is 6.54 Å². The van der Waals surface area contributed by atoms with Crippen molar-refractivity contribution in [3.63, 3.8) is 0 Å². The van der Waals surface area contributed by atoms with Gasteiger partial charge in [0.05, 0.1) is 0 Å². The lowest BCUT2D eigenvalue weighted by atomic mass is 10.2. The lowest BCUT2D eigenvalue weighted by Crippen LogP contribution is -2.30. The van der Waals surface area contributed by atoms with Gasteiger partial charge in [-0.25, -0.2) is 0 Å². The third-order valence-corrected chi connectivity index (χ3v) is 2.97. The molecule has 0 aromatic heterocycles. The van der Waals surface area contributed by atoms with Gasteiger partial charge in [-0.15, -0.1) is 0 Å². The summed E-state index contributed by atoms with van der Waals surface area (Å²) < 4.78 is 0. The van der Waals surface area contributed by atoms with Crippen molar-refractivity contribution < 1.29 is 0 Å². The summed E-state index contributed by atoms with van der Waals surface area (Å²) in [4.78, 5) is 0. The van der Waals surface area contributed by atoms with Crippen LogP contribution in [0.2, 0.25) is 5.02 Å². The van der Waals surface area contributed by atoms with Gasteiger partial charge in [0.1, 0.15) is 0 Å². The Bertz CT molecular complexity index is 295. The highest BCUT2D eigenvalue weighted by molar-refractivity contribution is 6.31. The fourth-order valence-electron chi connectivity index (χ4n) is 1.72. The number of rotatable bonds is 3. The first-order valence-electron chi connectivity index (χ1n) is 5.04. The summed E-state index contributed by atoms with van der Waals surface area (Å²) in [6.45, 7) is 3.07. The Hall–Kier alpha value is -0.570. The third kappa shape index (κ3) is 2.47. The molecular weight excluding hydrogens is 196 g/mol. The topological polar surface area (TPSA) is 24.1 Å². The summed E-state index contributed by atoms with van der Waals surface area (Å²) in [5.74, 6) is 0. The fourth-order valence-corrected chi connectivity index (χ4v) is 1.93. The van der Waals surface area contributed by atoms with Gasteiger partial charge < -0.3 is 10.6 Å². The first kappa shape index (κ1) is 9.97. The van der Waals surface area contributed by atoms with Crippen LogP contribution in [-0.4, -0.2) is 19.1 Å². The van der Waals surface area contributed by atoms with Crippen molar-refractivity contribution in [3.05, 3.63) is 34.9 Å². The van der Waals surface area contributed by atoms with Gasteiger partial charge in [-0.2, -0.15) is 0 Å². The average molecular weight is 211 g/mol. The van der Waals surface area contributed by atoms with E-state index in [4.69, 9.17) is 11.6 Å². The maximum Gasteiger partial charge on any atom is 0.0450 e. The van der Waals surface area contributed by atoms with E-state index < -0.39 is 0 Å². The number of hydrogen-bond acceptors (Lipinski definition) is 2. The lowest BCUT2D eigenvalue weighted by Gasteiger charge is -2.11. The predicted molar refractivity (Wildman–Crippen MR) is 59.6 cm³/mol. The molecule has 1 heterocycles. The molecule has 2 nitrogen and oxygen atoms in total. The highest BCUT2D eigenvalue weighted by Gasteiger charge is 2.13. The van der Waals surface area contributed by atoms with Crippen LogP contribution in [0.25, 0.3) is 0 Å². The Labute approximate surface area is 89.7 Å². The summed E-state index contributed by atoms with van der Waals surface area (Å²) in [5.41, 5.74) is 1.18. The molecule has 0 aliphatic carbocycles. The van der Waals surface area contributed by atoms with Gasteiger partial charge in [0.25, 0.3) is 0 Å². The fraction of sp³-hybridized carbons (Fsp3) is 0.455. The molecule has 1 aromatic carbocycles. The SMILES string of the molecule is Clc1ccccc1CN[C@H]1CCNC1. The van der Waals surface area contributed by atoms with Crippen molar-refractivity contribution >= 4 is 11.6 Å². The largest absolute Gasteiger partial charge is 0.315 e. The second-order valence-corrected chi connectivity index (χ2v) is 4.07. The highest BCUT2D eigenvalue weighted by atomic mass is 35.5. The van der Waals surface area contributed by atoms with Gasteiger partial charge in [0.2, 0.25) is 0 Å². The van der Waals surface area contributed by atoms with E-state index in [-0.39, 0.29) is 0 Å². The molecule has 1 fully saturated rings. The van der Waals surface area contributed by atoms with Crippen molar-refractivity contribution in [1.29, 1.82) is 0 Å². The molecule has 0 bridgehead atoms. The standard InChI is InChI=1S/C11H15ClN2/c12-11-4-2-1-3-9(11)7-14-10-5-6-13-8-10/h1-4,10,13-14H,5-8H2/t10-/m0/s1. The summed E-state index contributed by atoms with van der Waals surface area (Å²) in [5, 5.41) is 7.67. The molecule has 14 heavy (non-hydrogen) atoms. The normalized spacial score (nSPS) is 21.4. The smallest absolute Gasteiger partial charge is 0.0450 e. The molecule has 1 aliphatic heterocycles. The molecule has 0 amide bonds. The van der Waals surface area contributed by atoms with Crippen LogP contribution in [0.15, 0.2) is 24.3 Å². The number of benzene rings is 1. The lowest BCUT2D eigenvalue weighted by molar-refractivity contribution is 0.547. The molecule has 1 aliphatic rings. The monoisotopic (exact) mass is 210 g/mol. The summed E-state index contributed by atoms with van der Waals surface area (Å²) in [6, 6.07) is 8.59. The van der Waals surface area contributed by atoms with Crippen LogP contribution in [0, 0.1) is 0 Å². The Morgan fingerprint density at radius 1 is 1.43 bits per heavy atom. The minimum atomic E-state index is 0.603. The van der Waals surface area contributed by atoms with Crippen LogP contribution in [0.5, 0.6) is 0 Å². The molecule has 2 N–H and O–H groups in total. The summed E-state index contributed by atoms with van der Waals surface area (Å²) >= 11 is 6.05. The third-order valence-electron chi connectivity index (χ3n) is 2.60. The summed E-state index contributed by atoms with van der Waals surface area (Å²) in [7, 11) is 0. The Kier molecular flexibility index (Phi) is 3.40. The van der Waals surface area contributed by atoms with Gasteiger partial charge in [-0.3, -0.25) is 0 Å². The van der Waals surface area contributed by atoms with E-state index in [1.165, 1.54) is 12.0 Å². The van der Waals surface area contributed by atoms with E-state index in [0.29, 0.717) is 6.04 Å². The van der Waals surface area contributed by atoms with Crippen LogP contribution < -0.4 is 10.6 Å². The molecule has 3 heteroatoms. The molecule has 0 saturated carbocycles. The Morgan fingerprint density at radius 3 is 3.00 bits per heavy atom. The minimum Gasteiger partial charge on any atom is -0.315 e. The summed E-state index contributed by atoms with van der Waals surface area (Å²) in [6.07, 6.45) is 1.21. The van der Waals surface area contributed by atoms with Crippen LogP contribution >= 0.6 is 11.6 Å². The number of nitrogens with one attached hydrogen (secondary N) is 2. The molecule has 76 valence electrons. The molecule has 0 spiro atoms. The first-order valence-corrected chi connectivity index (χ1v) is 5.41. The zero-order valence-electron chi connectivity index (χ0n) is 8.09. The Morgan fingerprint density at radius 2 is 2.29 bits per heavy atom. The molecule has 1 atom stereocenters. The molecular formula is C11H15ClN2. The van der Waals surface area contributed by atoms with Crippen molar-refractivity contribution in [2.24, 2.45) is 0 Å². The highest BCUT2D eigenvalue weighted by Crippen LogP contribution is 2.14. The van der Waals surface area contributed by atoms with Crippen LogP contribution in [0.1, 0.15) is 12.0 Å². The van der Waals surface area contributed by atoms with Gasteiger partial charge >= 0.3 is 0 Å². The maximum absolute atomic E-state index is 6.05. The van der Waals surface area contributed by atoms with Crippen LogP contribution in [0.3, 0.4) is 0 Å². The van der Waals surface area contributed by atoms with Crippen molar-refractivity contribution in [3.8, 4) is 0 Å². The predicted octanol–water partition coefficient (Wildman–Crippen LogP) is 1.79. The van der Waals surface area contributed by atoms with E-state index in [2.05, 4.69) is 16.7 Å². The number of hydrogen-bond donors (Lipinski definition) is 2. The van der Waals surface area contributed by atoms with E-state index in [0.717, 1.165) is 24.7 Å². The average Bonchev–Trinajstić information content (AvgIpc) is 2.69. The van der Waals surface area contributed by atoms with Crippen molar-refractivity contribution in [2.75, 3.05) is 13.1 Å². The minimum absolute atomic E-state index is 0.603. The van der Waals surface area contributed by atoms with Crippen LogP contribution in [0.4, 0.5) is 0 Å². The molecule has 0 radical (unpaired) electrons.